The van der Waals surface area contributed by atoms with Gasteiger partial charge in [0.15, 0.2) is 0 Å². The first-order chi connectivity index (χ1) is 19.1. The van der Waals surface area contributed by atoms with Crippen molar-refractivity contribution in [2.45, 2.75) is 12.8 Å². The van der Waals surface area contributed by atoms with Crippen molar-refractivity contribution in [2.75, 3.05) is 5.32 Å². The lowest BCUT2D eigenvalue weighted by Crippen LogP contribution is -2.11. The smallest absolute Gasteiger partial charge is 0.257 e. The van der Waals surface area contributed by atoms with Gasteiger partial charge in [0, 0.05) is 28.1 Å². The number of nitrogens with one attached hydrogen (secondary N) is 1. The van der Waals surface area contributed by atoms with Crippen LogP contribution < -0.4 is 5.32 Å². The molecule has 0 aliphatic heterocycles. The van der Waals surface area contributed by atoms with Crippen molar-refractivity contribution < 1.29 is 4.79 Å². The van der Waals surface area contributed by atoms with E-state index < -0.39 is 0 Å². The molecule has 0 spiro atoms. The van der Waals surface area contributed by atoms with E-state index in [1.807, 2.05) is 91.0 Å². The van der Waals surface area contributed by atoms with Crippen molar-refractivity contribution >= 4 is 45.0 Å². The molecule has 0 bridgehead atoms. The molecule has 190 valence electrons. The molecule has 0 aliphatic rings. The average Bonchev–Trinajstić information content (AvgIpc) is 3.44. The molecular weight excluding hydrogens is 526 g/mol. The number of aryl methyl sites for hydroxylation is 2. The molecule has 8 heteroatoms. The zero-order chi connectivity index (χ0) is 26.6. The van der Waals surface area contributed by atoms with Crippen molar-refractivity contribution in [2.24, 2.45) is 0 Å². The summed E-state index contributed by atoms with van der Waals surface area (Å²) in [5.41, 5.74) is 6.50. The fourth-order valence-electron chi connectivity index (χ4n) is 4.27. The van der Waals surface area contributed by atoms with E-state index in [2.05, 4.69) is 15.5 Å². The Hall–Kier alpha value is -4.46. The number of hydrogen-bond donors (Lipinski definition) is 1. The Kier molecular flexibility index (Phi) is 7.08. The first-order valence-corrected chi connectivity index (χ1v) is 13.6. The van der Waals surface area contributed by atoms with E-state index in [0.29, 0.717) is 26.8 Å². The zero-order valence-corrected chi connectivity index (χ0v) is 22.3. The second-order valence-electron chi connectivity index (χ2n) is 8.94. The van der Waals surface area contributed by atoms with Crippen molar-refractivity contribution in [3.63, 3.8) is 0 Å². The fourth-order valence-corrected chi connectivity index (χ4v) is 5.13. The molecule has 1 amide bonds. The first kappa shape index (κ1) is 24.9. The predicted octanol–water partition coefficient (Wildman–Crippen LogP) is 7.51. The number of amides is 1. The van der Waals surface area contributed by atoms with Gasteiger partial charge in [0.05, 0.1) is 22.4 Å². The summed E-state index contributed by atoms with van der Waals surface area (Å²) in [4.78, 5) is 23.0. The Morgan fingerprint density at radius 1 is 0.718 bits per heavy atom. The van der Waals surface area contributed by atoms with Gasteiger partial charge in [-0.25, -0.2) is 9.97 Å². The van der Waals surface area contributed by atoms with Gasteiger partial charge in [-0.05, 0) is 42.3 Å². The van der Waals surface area contributed by atoms with E-state index >= 15 is 0 Å². The number of rotatable bonds is 7. The van der Waals surface area contributed by atoms with Crippen LogP contribution in [0.15, 0.2) is 103 Å². The lowest BCUT2D eigenvalue weighted by atomic mass is 10.0. The van der Waals surface area contributed by atoms with Gasteiger partial charge in [-0.15, -0.1) is 10.2 Å². The second kappa shape index (κ2) is 11.1. The summed E-state index contributed by atoms with van der Waals surface area (Å²) < 4.78 is 0. The summed E-state index contributed by atoms with van der Waals surface area (Å²) >= 11 is 7.34. The maximum atomic E-state index is 13.1. The van der Waals surface area contributed by atoms with Gasteiger partial charge in [0.1, 0.15) is 5.01 Å². The predicted molar refractivity (Wildman–Crippen MR) is 157 cm³/mol. The largest absolute Gasteiger partial charge is 0.296 e. The van der Waals surface area contributed by atoms with Gasteiger partial charge in [0.2, 0.25) is 5.13 Å². The molecule has 1 N–H and O–H groups in total. The number of nitrogens with zero attached hydrogens (tertiary/aromatic N) is 4. The number of carbonyl (C=O) groups excluding carboxylic acids is 1. The molecular formula is C31H22ClN5OS. The molecule has 0 unspecified atom stereocenters. The highest BCUT2D eigenvalue weighted by Crippen LogP contribution is 2.31. The molecule has 6 aromatic rings. The van der Waals surface area contributed by atoms with Gasteiger partial charge in [-0.2, -0.15) is 0 Å². The van der Waals surface area contributed by atoms with Crippen LogP contribution in [-0.2, 0) is 12.8 Å². The SMILES string of the molecule is O=C(Nc1nnc(CCc2ccc(Cl)cc2)s1)c1ccc2nc(-c3ccccc3)c(-c3ccccc3)nc2c1. The van der Waals surface area contributed by atoms with Gasteiger partial charge >= 0.3 is 0 Å². The second-order valence-corrected chi connectivity index (χ2v) is 10.4. The van der Waals surface area contributed by atoms with Gasteiger partial charge in [-0.3, -0.25) is 10.1 Å². The summed E-state index contributed by atoms with van der Waals surface area (Å²) in [6, 6.07) is 33.1. The number of aromatic nitrogens is 4. The van der Waals surface area contributed by atoms with E-state index in [-0.39, 0.29) is 5.91 Å². The van der Waals surface area contributed by atoms with Crippen LogP contribution in [0.4, 0.5) is 5.13 Å². The summed E-state index contributed by atoms with van der Waals surface area (Å²) in [5.74, 6) is -0.271. The van der Waals surface area contributed by atoms with Crippen LogP contribution in [0.3, 0.4) is 0 Å². The number of carbonyl (C=O) groups is 1. The Morgan fingerprint density at radius 2 is 1.36 bits per heavy atom. The Morgan fingerprint density at radius 3 is 2.03 bits per heavy atom. The standard InChI is InChI=1S/C31H22ClN5OS/c32-24-15-11-20(12-16-24)13-18-27-36-37-31(39-27)35-30(38)23-14-17-25-26(19-23)34-29(22-9-5-2-6-10-22)28(33-25)21-7-3-1-4-8-21/h1-12,14-17,19H,13,18H2,(H,35,37,38). The topological polar surface area (TPSA) is 80.7 Å². The van der Waals surface area contributed by atoms with Crippen LogP contribution in [0, 0.1) is 0 Å². The van der Waals surface area contributed by atoms with E-state index in [1.54, 1.807) is 12.1 Å². The molecule has 0 saturated heterocycles. The highest BCUT2D eigenvalue weighted by atomic mass is 35.5. The molecule has 0 radical (unpaired) electrons. The van der Waals surface area contributed by atoms with Crippen LogP contribution in [0.25, 0.3) is 33.5 Å². The third-order valence-electron chi connectivity index (χ3n) is 6.25. The molecule has 2 heterocycles. The molecule has 6 nitrogen and oxygen atoms in total. The first-order valence-electron chi connectivity index (χ1n) is 12.4. The van der Waals surface area contributed by atoms with E-state index in [4.69, 9.17) is 21.6 Å². The van der Waals surface area contributed by atoms with Gasteiger partial charge < -0.3 is 0 Å². The van der Waals surface area contributed by atoms with Crippen LogP contribution in [0.5, 0.6) is 0 Å². The zero-order valence-electron chi connectivity index (χ0n) is 20.7. The number of halogens is 1. The van der Waals surface area contributed by atoms with Crippen molar-refractivity contribution in [1.29, 1.82) is 0 Å². The molecule has 2 aromatic heterocycles. The van der Waals surface area contributed by atoms with E-state index in [9.17, 15) is 4.79 Å². The number of anilines is 1. The number of hydrogen-bond acceptors (Lipinski definition) is 6. The maximum absolute atomic E-state index is 13.1. The molecule has 0 fully saturated rings. The van der Waals surface area contributed by atoms with E-state index in [0.717, 1.165) is 40.4 Å². The monoisotopic (exact) mass is 547 g/mol. The van der Waals surface area contributed by atoms with E-state index in [1.165, 1.54) is 16.9 Å². The average molecular weight is 548 g/mol. The molecule has 0 atom stereocenters. The van der Waals surface area contributed by atoms with Crippen LogP contribution >= 0.6 is 22.9 Å². The normalized spacial score (nSPS) is 11.0. The highest BCUT2D eigenvalue weighted by Gasteiger charge is 2.16. The minimum atomic E-state index is -0.271. The molecule has 39 heavy (non-hydrogen) atoms. The highest BCUT2D eigenvalue weighted by molar-refractivity contribution is 7.15. The third kappa shape index (κ3) is 5.70. The van der Waals surface area contributed by atoms with Crippen molar-refractivity contribution in [3.8, 4) is 22.5 Å². The minimum absolute atomic E-state index is 0.271. The third-order valence-corrected chi connectivity index (χ3v) is 7.40. The number of benzene rings is 4. The van der Waals surface area contributed by atoms with Gasteiger partial charge in [-0.1, -0.05) is 95.7 Å². The van der Waals surface area contributed by atoms with Crippen molar-refractivity contribution in [3.05, 3.63) is 124 Å². The quantitative estimate of drug-likeness (QED) is 0.224. The van der Waals surface area contributed by atoms with Crippen LogP contribution in [-0.4, -0.2) is 26.1 Å². The van der Waals surface area contributed by atoms with Gasteiger partial charge in [0.25, 0.3) is 5.91 Å². The fraction of sp³-hybridized carbons (Fsp3) is 0.0645. The molecule has 0 aliphatic carbocycles. The summed E-state index contributed by atoms with van der Waals surface area (Å²) in [5, 5.41) is 13.3. The van der Waals surface area contributed by atoms with Crippen LogP contribution in [0.1, 0.15) is 20.9 Å². The maximum Gasteiger partial charge on any atom is 0.257 e. The minimum Gasteiger partial charge on any atom is -0.296 e. The molecule has 4 aromatic carbocycles. The lowest BCUT2D eigenvalue weighted by Gasteiger charge is -2.11. The molecule has 0 saturated carbocycles. The Balaban J connectivity index is 1.24. The Labute approximate surface area is 234 Å². The van der Waals surface area contributed by atoms with Crippen LogP contribution in [0.2, 0.25) is 5.02 Å². The molecule has 6 rings (SSSR count). The summed E-state index contributed by atoms with van der Waals surface area (Å²) in [6.07, 6.45) is 1.55. The summed E-state index contributed by atoms with van der Waals surface area (Å²) in [6.45, 7) is 0. The summed E-state index contributed by atoms with van der Waals surface area (Å²) in [7, 11) is 0. The number of fused-ring (bicyclic) bond motifs is 1. The Bertz CT molecular complexity index is 1760. The van der Waals surface area contributed by atoms with Crippen molar-refractivity contribution in [1.82, 2.24) is 20.2 Å². The lowest BCUT2D eigenvalue weighted by molar-refractivity contribution is 0.102.